The zero-order valence-corrected chi connectivity index (χ0v) is 12.9. The third-order valence-electron chi connectivity index (χ3n) is 4.30. The summed E-state index contributed by atoms with van der Waals surface area (Å²) in [7, 11) is 0. The smallest absolute Gasteiger partial charge is 0.251 e. The molecule has 3 N–H and O–H groups in total. The van der Waals surface area contributed by atoms with Crippen LogP contribution in [0, 0.1) is 6.92 Å². The van der Waals surface area contributed by atoms with Crippen molar-refractivity contribution in [2.24, 2.45) is 5.73 Å². The molecule has 1 saturated carbocycles. The molecule has 0 heterocycles. The van der Waals surface area contributed by atoms with Crippen LogP contribution in [0.2, 0.25) is 0 Å². The van der Waals surface area contributed by atoms with Crippen molar-refractivity contribution in [3.63, 3.8) is 0 Å². The number of nitrogens with two attached hydrogens (primary N) is 1. The Kier molecular flexibility index (Phi) is 3.89. The van der Waals surface area contributed by atoms with E-state index < -0.39 is 0 Å². The lowest BCUT2D eigenvalue weighted by Crippen LogP contribution is -2.27. The molecule has 1 atom stereocenters. The van der Waals surface area contributed by atoms with Gasteiger partial charge in [-0.1, -0.05) is 0 Å². The van der Waals surface area contributed by atoms with Crippen LogP contribution in [-0.2, 0) is 12.8 Å². The quantitative estimate of drug-likeness (QED) is 0.872. The number of benzene rings is 1. The first kappa shape index (κ1) is 14.4. The number of hydrogen-bond donors (Lipinski definition) is 2. The summed E-state index contributed by atoms with van der Waals surface area (Å²) in [6, 6.07) is 2.28. The standard InChI is InChI=1S/C17H24N2O2/c1-10(18)9-21-16-8-15(17(20)19-12-6-7-12)14-5-3-4-13(14)11(16)2/h8,10,12H,3-7,9,18H2,1-2H3,(H,19,20). The molecule has 0 spiro atoms. The van der Waals surface area contributed by atoms with Crippen LogP contribution in [0.4, 0.5) is 0 Å². The molecule has 3 rings (SSSR count). The summed E-state index contributed by atoms with van der Waals surface area (Å²) in [5.41, 5.74) is 10.3. The molecule has 4 nitrogen and oxygen atoms in total. The number of nitrogens with one attached hydrogen (secondary N) is 1. The van der Waals surface area contributed by atoms with Crippen molar-refractivity contribution < 1.29 is 9.53 Å². The zero-order valence-electron chi connectivity index (χ0n) is 12.9. The number of amides is 1. The average Bonchev–Trinajstić information content (AvgIpc) is 3.11. The Morgan fingerprint density at radius 3 is 2.81 bits per heavy atom. The minimum Gasteiger partial charge on any atom is -0.492 e. The molecule has 1 fully saturated rings. The molecule has 2 aliphatic rings. The summed E-state index contributed by atoms with van der Waals surface area (Å²) in [5, 5.41) is 3.09. The van der Waals surface area contributed by atoms with E-state index in [1.165, 1.54) is 16.7 Å². The maximum Gasteiger partial charge on any atom is 0.251 e. The average molecular weight is 288 g/mol. The van der Waals surface area contributed by atoms with Gasteiger partial charge in [0.05, 0.1) is 0 Å². The Hall–Kier alpha value is -1.55. The molecule has 4 heteroatoms. The Bertz CT molecular complexity index is 562. The topological polar surface area (TPSA) is 64.3 Å². The number of ether oxygens (including phenoxy) is 1. The molecule has 0 bridgehead atoms. The molecule has 0 radical (unpaired) electrons. The van der Waals surface area contributed by atoms with Gasteiger partial charge in [-0.15, -0.1) is 0 Å². The van der Waals surface area contributed by atoms with Crippen molar-refractivity contribution in [3.8, 4) is 5.75 Å². The fourth-order valence-corrected chi connectivity index (χ4v) is 2.99. The van der Waals surface area contributed by atoms with Crippen LogP contribution in [0.25, 0.3) is 0 Å². The van der Waals surface area contributed by atoms with Gasteiger partial charge < -0.3 is 15.8 Å². The second-order valence-corrected chi connectivity index (χ2v) is 6.39. The van der Waals surface area contributed by atoms with E-state index >= 15 is 0 Å². The normalized spacial score (nSPS) is 18.2. The molecule has 1 amide bonds. The molecule has 1 aromatic carbocycles. The molecule has 0 saturated heterocycles. The van der Waals surface area contributed by atoms with Crippen LogP contribution >= 0.6 is 0 Å². The number of rotatable bonds is 5. The maximum atomic E-state index is 12.5. The van der Waals surface area contributed by atoms with Gasteiger partial charge in [-0.3, -0.25) is 4.79 Å². The van der Waals surface area contributed by atoms with E-state index in [2.05, 4.69) is 12.2 Å². The highest BCUT2D eigenvalue weighted by atomic mass is 16.5. The summed E-state index contributed by atoms with van der Waals surface area (Å²) < 4.78 is 5.83. The van der Waals surface area contributed by atoms with E-state index in [9.17, 15) is 4.79 Å². The SMILES string of the molecule is Cc1c(OCC(C)N)cc(C(=O)NC2CC2)c2c1CCC2. The lowest BCUT2D eigenvalue weighted by atomic mass is 9.97. The first-order valence-electron chi connectivity index (χ1n) is 7.91. The van der Waals surface area contributed by atoms with Gasteiger partial charge in [0.2, 0.25) is 0 Å². The third kappa shape index (κ3) is 3.05. The number of carbonyl (C=O) groups excluding carboxylic acids is 1. The molecule has 21 heavy (non-hydrogen) atoms. The zero-order chi connectivity index (χ0) is 15.0. The van der Waals surface area contributed by atoms with Gasteiger partial charge in [-0.05, 0) is 68.7 Å². The minimum absolute atomic E-state index is 0.0126. The number of hydrogen-bond acceptors (Lipinski definition) is 3. The first-order chi connectivity index (χ1) is 10.1. The Morgan fingerprint density at radius 1 is 1.43 bits per heavy atom. The van der Waals surface area contributed by atoms with Crippen LogP contribution in [0.1, 0.15) is 53.2 Å². The van der Waals surface area contributed by atoms with E-state index in [1.54, 1.807) is 0 Å². The van der Waals surface area contributed by atoms with Crippen LogP contribution in [0.5, 0.6) is 5.75 Å². The summed E-state index contributed by atoms with van der Waals surface area (Å²) >= 11 is 0. The second-order valence-electron chi connectivity index (χ2n) is 6.39. The minimum atomic E-state index is -0.0126. The lowest BCUT2D eigenvalue weighted by molar-refractivity contribution is 0.0949. The van der Waals surface area contributed by atoms with E-state index in [1.807, 2.05) is 13.0 Å². The van der Waals surface area contributed by atoms with Crippen LogP contribution < -0.4 is 15.8 Å². The molecule has 0 aromatic heterocycles. The van der Waals surface area contributed by atoms with Crippen LogP contribution in [0.15, 0.2) is 6.07 Å². The van der Waals surface area contributed by atoms with Crippen molar-refractivity contribution in [1.82, 2.24) is 5.32 Å². The Morgan fingerprint density at radius 2 is 2.14 bits per heavy atom. The van der Waals surface area contributed by atoms with E-state index in [-0.39, 0.29) is 11.9 Å². The summed E-state index contributed by atoms with van der Waals surface area (Å²) in [4.78, 5) is 12.5. The predicted molar refractivity (Wildman–Crippen MR) is 82.8 cm³/mol. The van der Waals surface area contributed by atoms with Gasteiger partial charge in [0.1, 0.15) is 12.4 Å². The fourth-order valence-electron chi connectivity index (χ4n) is 2.99. The van der Waals surface area contributed by atoms with Gasteiger partial charge in [-0.2, -0.15) is 0 Å². The van der Waals surface area contributed by atoms with Crippen molar-refractivity contribution in [3.05, 3.63) is 28.3 Å². The van der Waals surface area contributed by atoms with E-state index in [4.69, 9.17) is 10.5 Å². The predicted octanol–water partition coefficient (Wildman–Crippen LogP) is 2.10. The van der Waals surface area contributed by atoms with Crippen molar-refractivity contribution in [2.75, 3.05) is 6.61 Å². The third-order valence-corrected chi connectivity index (χ3v) is 4.30. The number of carbonyl (C=O) groups is 1. The Labute approximate surface area is 126 Å². The van der Waals surface area contributed by atoms with Gasteiger partial charge >= 0.3 is 0 Å². The maximum absolute atomic E-state index is 12.5. The summed E-state index contributed by atoms with van der Waals surface area (Å²) in [6.45, 7) is 4.48. The number of fused-ring (bicyclic) bond motifs is 1. The highest BCUT2D eigenvalue weighted by molar-refractivity contribution is 5.97. The van der Waals surface area contributed by atoms with Crippen molar-refractivity contribution >= 4 is 5.91 Å². The molecular weight excluding hydrogens is 264 g/mol. The van der Waals surface area contributed by atoms with Crippen LogP contribution in [-0.4, -0.2) is 24.6 Å². The van der Waals surface area contributed by atoms with Crippen LogP contribution in [0.3, 0.4) is 0 Å². The summed E-state index contributed by atoms with van der Waals surface area (Å²) in [5.74, 6) is 0.871. The lowest BCUT2D eigenvalue weighted by Gasteiger charge is -2.17. The second kappa shape index (κ2) is 5.68. The van der Waals surface area contributed by atoms with E-state index in [0.717, 1.165) is 43.4 Å². The largest absolute Gasteiger partial charge is 0.492 e. The molecule has 2 aliphatic carbocycles. The van der Waals surface area contributed by atoms with Gasteiger partial charge in [0.15, 0.2) is 0 Å². The molecule has 114 valence electrons. The summed E-state index contributed by atoms with van der Waals surface area (Å²) in [6.07, 6.45) is 5.37. The van der Waals surface area contributed by atoms with Crippen molar-refractivity contribution in [2.45, 2.75) is 58.0 Å². The fraction of sp³-hybridized carbons (Fsp3) is 0.588. The Balaban J connectivity index is 1.92. The molecule has 1 unspecified atom stereocenters. The van der Waals surface area contributed by atoms with E-state index in [0.29, 0.717) is 12.6 Å². The monoisotopic (exact) mass is 288 g/mol. The molecule has 1 aromatic rings. The highest BCUT2D eigenvalue weighted by Gasteiger charge is 2.28. The van der Waals surface area contributed by atoms with Gasteiger partial charge in [-0.25, -0.2) is 0 Å². The highest BCUT2D eigenvalue weighted by Crippen LogP contribution is 2.35. The van der Waals surface area contributed by atoms with Crippen molar-refractivity contribution in [1.29, 1.82) is 0 Å². The van der Waals surface area contributed by atoms with Gasteiger partial charge in [0, 0.05) is 17.6 Å². The first-order valence-corrected chi connectivity index (χ1v) is 7.91. The van der Waals surface area contributed by atoms with Gasteiger partial charge in [0.25, 0.3) is 5.91 Å². The molecule has 0 aliphatic heterocycles. The molecular formula is C17H24N2O2.